The largest absolute Gasteiger partial charge is 0.381 e. The summed E-state index contributed by atoms with van der Waals surface area (Å²) in [7, 11) is 2.15. The standard InChI is InChI=1S/C20H27N3O2/c1-3-25-13-14-6-9-23(11-14)20(24)15-4-5-18-16(10-15)17-12-22(2)8-7-19(17)21-18/h4-5,10,14,21H,3,6-9,11-13H2,1-2H3. The zero-order valence-electron chi connectivity index (χ0n) is 15.2. The van der Waals surface area contributed by atoms with Gasteiger partial charge in [-0.25, -0.2) is 0 Å². The fourth-order valence-corrected chi connectivity index (χ4v) is 4.10. The summed E-state index contributed by atoms with van der Waals surface area (Å²) in [5.74, 6) is 0.626. The van der Waals surface area contributed by atoms with Gasteiger partial charge < -0.3 is 19.5 Å². The lowest BCUT2D eigenvalue weighted by Gasteiger charge is -2.22. The van der Waals surface area contributed by atoms with Gasteiger partial charge in [0.2, 0.25) is 0 Å². The molecule has 5 nitrogen and oxygen atoms in total. The number of carbonyl (C=O) groups excluding carboxylic acids is 1. The summed E-state index contributed by atoms with van der Waals surface area (Å²) >= 11 is 0. The smallest absolute Gasteiger partial charge is 0.253 e. The van der Waals surface area contributed by atoms with E-state index in [9.17, 15) is 4.79 Å². The molecule has 4 rings (SSSR count). The number of rotatable bonds is 4. The number of carbonyl (C=O) groups is 1. The lowest BCUT2D eigenvalue weighted by molar-refractivity contribution is 0.0763. The molecule has 1 aromatic heterocycles. The number of nitrogens with zero attached hydrogens (tertiary/aromatic N) is 2. The van der Waals surface area contributed by atoms with E-state index < -0.39 is 0 Å². The number of H-pyrrole nitrogens is 1. The summed E-state index contributed by atoms with van der Waals surface area (Å²) in [5, 5.41) is 1.21. The van der Waals surface area contributed by atoms with Gasteiger partial charge in [-0.3, -0.25) is 4.79 Å². The molecule has 0 bridgehead atoms. The first-order valence-electron chi connectivity index (χ1n) is 9.34. The van der Waals surface area contributed by atoms with Crippen LogP contribution < -0.4 is 0 Å². The van der Waals surface area contributed by atoms with Crippen LogP contribution in [0, 0.1) is 5.92 Å². The zero-order valence-corrected chi connectivity index (χ0v) is 15.2. The summed E-state index contributed by atoms with van der Waals surface area (Å²) in [6, 6.07) is 6.11. The molecule has 1 N–H and O–H groups in total. The number of hydrogen-bond donors (Lipinski definition) is 1. The molecule has 0 spiro atoms. The molecule has 2 aliphatic rings. The molecule has 2 aliphatic heterocycles. The Morgan fingerprint density at radius 1 is 1.36 bits per heavy atom. The van der Waals surface area contributed by atoms with Crippen molar-refractivity contribution in [1.82, 2.24) is 14.8 Å². The fourth-order valence-electron chi connectivity index (χ4n) is 4.10. The minimum Gasteiger partial charge on any atom is -0.381 e. The summed E-state index contributed by atoms with van der Waals surface area (Å²) in [6.07, 6.45) is 2.09. The number of hydrogen-bond acceptors (Lipinski definition) is 3. The van der Waals surface area contributed by atoms with Crippen molar-refractivity contribution in [2.75, 3.05) is 39.9 Å². The summed E-state index contributed by atoms with van der Waals surface area (Å²) in [6.45, 7) is 7.20. The van der Waals surface area contributed by atoms with E-state index in [4.69, 9.17) is 4.74 Å². The molecule has 134 valence electrons. The van der Waals surface area contributed by atoms with Crippen molar-refractivity contribution in [2.24, 2.45) is 5.92 Å². The molecule has 0 saturated carbocycles. The fraction of sp³-hybridized carbons (Fsp3) is 0.550. The van der Waals surface area contributed by atoms with Crippen LogP contribution in [-0.2, 0) is 17.7 Å². The van der Waals surface area contributed by atoms with Gasteiger partial charge in [-0.1, -0.05) is 0 Å². The number of nitrogens with one attached hydrogen (secondary N) is 1. The number of likely N-dealkylation sites (N-methyl/N-ethyl adjacent to an activating group) is 1. The molecule has 1 unspecified atom stereocenters. The Labute approximate surface area is 148 Å². The lowest BCUT2D eigenvalue weighted by atomic mass is 10.0. The number of likely N-dealkylation sites (tertiary alicyclic amines) is 1. The molecule has 1 fully saturated rings. The third kappa shape index (κ3) is 3.18. The maximum Gasteiger partial charge on any atom is 0.253 e. The lowest BCUT2D eigenvalue weighted by Crippen LogP contribution is -2.29. The summed E-state index contributed by atoms with van der Waals surface area (Å²) < 4.78 is 5.52. The second-order valence-electron chi connectivity index (χ2n) is 7.40. The average molecular weight is 341 g/mol. The normalized spacial score (nSPS) is 21.0. The minimum atomic E-state index is 0.153. The molecule has 1 amide bonds. The van der Waals surface area contributed by atoms with Crippen LogP contribution in [-0.4, -0.2) is 60.6 Å². The van der Waals surface area contributed by atoms with Gasteiger partial charge in [-0.2, -0.15) is 0 Å². The highest BCUT2D eigenvalue weighted by Gasteiger charge is 2.27. The van der Waals surface area contributed by atoms with Gasteiger partial charge in [0.05, 0.1) is 6.61 Å². The van der Waals surface area contributed by atoms with Gasteiger partial charge in [0.15, 0.2) is 0 Å². The van der Waals surface area contributed by atoms with Crippen molar-refractivity contribution in [2.45, 2.75) is 26.3 Å². The van der Waals surface area contributed by atoms with Crippen molar-refractivity contribution >= 4 is 16.8 Å². The number of amides is 1. The molecule has 1 atom stereocenters. The third-order valence-electron chi connectivity index (χ3n) is 5.54. The van der Waals surface area contributed by atoms with Gasteiger partial charge >= 0.3 is 0 Å². The average Bonchev–Trinajstić information content (AvgIpc) is 3.23. The van der Waals surface area contributed by atoms with Gasteiger partial charge in [0.25, 0.3) is 5.91 Å². The molecule has 0 radical (unpaired) electrons. The topological polar surface area (TPSA) is 48.6 Å². The van der Waals surface area contributed by atoms with Crippen molar-refractivity contribution in [3.8, 4) is 0 Å². The van der Waals surface area contributed by atoms with Crippen LogP contribution in [0.3, 0.4) is 0 Å². The Kier molecular flexibility index (Phi) is 4.52. The van der Waals surface area contributed by atoms with Crippen LogP contribution in [0.25, 0.3) is 10.9 Å². The van der Waals surface area contributed by atoms with E-state index in [1.165, 1.54) is 16.6 Å². The second-order valence-corrected chi connectivity index (χ2v) is 7.40. The van der Waals surface area contributed by atoms with Gasteiger partial charge in [-0.05, 0) is 44.2 Å². The Morgan fingerprint density at radius 3 is 3.08 bits per heavy atom. The van der Waals surface area contributed by atoms with Gasteiger partial charge in [0, 0.05) is 67.3 Å². The number of aromatic amines is 1. The van der Waals surface area contributed by atoms with Crippen LogP contribution in [0.4, 0.5) is 0 Å². The highest BCUT2D eigenvalue weighted by Crippen LogP contribution is 2.29. The van der Waals surface area contributed by atoms with Gasteiger partial charge in [-0.15, -0.1) is 0 Å². The second kappa shape index (κ2) is 6.81. The highest BCUT2D eigenvalue weighted by atomic mass is 16.5. The third-order valence-corrected chi connectivity index (χ3v) is 5.54. The maximum absolute atomic E-state index is 12.9. The van der Waals surface area contributed by atoms with E-state index in [-0.39, 0.29) is 5.91 Å². The molecular weight excluding hydrogens is 314 g/mol. The first-order valence-corrected chi connectivity index (χ1v) is 9.34. The maximum atomic E-state index is 12.9. The van der Waals surface area contributed by atoms with Crippen molar-refractivity contribution in [1.29, 1.82) is 0 Å². The number of aromatic nitrogens is 1. The van der Waals surface area contributed by atoms with Crippen LogP contribution in [0.15, 0.2) is 18.2 Å². The van der Waals surface area contributed by atoms with E-state index in [1.807, 2.05) is 17.9 Å². The highest BCUT2D eigenvalue weighted by molar-refractivity contribution is 5.99. The van der Waals surface area contributed by atoms with Crippen molar-refractivity contribution in [3.63, 3.8) is 0 Å². The molecule has 0 aliphatic carbocycles. The molecule has 5 heteroatoms. The monoisotopic (exact) mass is 341 g/mol. The minimum absolute atomic E-state index is 0.153. The first-order chi connectivity index (χ1) is 12.2. The molecule has 2 aromatic rings. The Bertz CT molecular complexity index is 783. The van der Waals surface area contributed by atoms with Crippen LogP contribution >= 0.6 is 0 Å². The van der Waals surface area contributed by atoms with Crippen LogP contribution in [0.2, 0.25) is 0 Å². The van der Waals surface area contributed by atoms with E-state index in [2.05, 4.69) is 29.1 Å². The van der Waals surface area contributed by atoms with Gasteiger partial charge in [0.1, 0.15) is 0 Å². The predicted octanol–water partition coefficient (Wildman–Crippen LogP) is 2.65. The number of benzene rings is 1. The predicted molar refractivity (Wildman–Crippen MR) is 98.8 cm³/mol. The number of ether oxygens (including phenoxy) is 1. The quantitative estimate of drug-likeness (QED) is 0.930. The molecule has 3 heterocycles. The van der Waals surface area contributed by atoms with Crippen molar-refractivity contribution < 1.29 is 9.53 Å². The number of fused-ring (bicyclic) bond motifs is 3. The Morgan fingerprint density at radius 2 is 2.24 bits per heavy atom. The Hall–Kier alpha value is -1.85. The van der Waals surface area contributed by atoms with E-state index in [0.717, 1.165) is 63.3 Å². The Balaban J connectivity index is 1.55. The van der Waals surface area contributed by atoms with E-state index >= 15 is 0 Å². The molecular formula is C20H27N3O2. The van der Waals surface area contributed by atoms with Crippen LogP contribution in [0.1, 0.15) is 35.0 Å². The van der Waals surface area contributed by atoms with E-state index in [0.29, 0.717) is 5.92 Å². The molecule has 1 aromatic carbocycles. The molecule has 25 heavy (non-hydrogen) atoms. The summed E-state index contributed by atoms with van der Waals surface area (Å²) in [5.41, 5.74) is 4.64. The zero-order chi connectivity index (χ0) is 17.4. The van der Waals surface area contributed by atoms with Crippen LogP contribution in [0.5, 0.6) is 0 Å². The first kappa shape index (κ1) is 16.6. The van der Waals surface area contributed by atoms with Crippen molar-refractivity contribution in [3.05, 3.63) is 35.0 Å². The van der Waals surface area contributed by atoms with E-state index in [1.54, 1.807) is 0 Å². The molecule has 1 saturated heterocycles. The SMILES string of the molecule is CCOCC1CCN(C(=O)c2ccc3[nH]c4c(c3c2)CN(C)CC4)C1. The summed E-state index contributed by atoms with van der Waals surface area (Å²) in [4.78, 5) is 20.8.